The van der Waals surface area contributed by atoms with Gasteiger partial charge in [-0.2, -0.15) is 0 Å². The zero-order valence-electron chi connectivity index (χ0n) is 13.5. The summed E-state index contributed by atoms with van der Waals surface area (Å²) in [4.78, 5) is 7.02. The van der Waals surface area contributed by atoms with E-state index in [-0.39, 0.29) is 10.6 Å². The molecular weight excluding hydrogens is 353 g/mol. The first-order valence-corrected chi connectivity index (χ1v) is 9.32. The molecule has 0 unspecified atom stereocenters. The second-order valence-corrected chi connectivity index (χ2v) is 7.43. The standard InChI is InChI=1S/C19H14FN3O2S/c20-16-11-18-14(7-4-8-21-18)9-19(16)23-26(24,25)15-10-17(22-12-15)13-5-2-1-3-6-13/h1-12,22-23H. The van der Waals surface area contributed by atoms with Gasteiger partial charge in [-0.3, -0.25) is 9.71 Å². The van der Waals surface area contributed by atoms with E-state index in [9.17, 15) is 12.8 Å². The lowest BCUT2D eigenvalue weighted by molar-refractivity contribution is 0.599. The molecule has 5 nitrogen and oxygen atoms in total. The summed E-state index contributed by atoms with van der Waals surface area (Å²) >= 11 is 0. The van der Waals surface area contributed by atoms with Gasteiger partial charge in [-0.15, -0.1) is 0 Å². The van der Waals surface area contributed by atoms with Crippen molar-refractivity contribution in [2.45, 2.75) is 4.90 Å². The van der Waals surface area contributed by atoms with Crippen molar-refractivity contribution in [2.24, 2.45) is 0 Å². The molecule has 2 aromatic carbocycles. The molecule has 2 aromatic heterocycles. The highest BCUT2D eigenvalue weighted by atomic mass is 32.2. The van der Waals surface area contributed by atoms with E-state index in [4.69, 9.17) is 0 Å². The van der Waals surface area contributed by atoms with E-state index in [1.807, 2.05) is 30.3 Å². The lowest BCUT2D eigenvalue weighted by atomic mass is 10.2. The number of fused-ring (bicyclic) bond motifs is 1. The van der Waals surface area contributed by atoms with Gasteiger partial charge in [-0.05, 0) is 23.8 Å². The number of nitrogens with one attached hydrogen (secondary N) is 2. The van der Waals surface area contributed by atoms with Gasteiger partial charge in [0.25, 0.3) is 10.0 Å². The number of halogens is 1. The average molecular weight is 367 g/mol. The normalized spacial score (nSPS) is 11.6. The lowest BCUT2D eigenvalue weighted by Gasteiger charge is -2.08. The van der Waals surface area contributed by atoms with E-state index in [1.165, 1.54) is 24.4 Å². The second kappa shape index (κ2) is 6.27. The van der Waals surface area contributed by atoms with Gasteiger partial charge in [0.1, 0.15) is 10.7 Å². The smallest absolute Gasteiger partial charge is 0.263 e. The third-order valence-corrected chi connectivity index (χ3v) is 5.33. The zero-order chi connectivity index (χ0) is 18.1. The molecule has 0 aliphatic rings. The lowest BCUT2D eigenvalue weighted by Crippen LogP contribution is -2.13. The van der Waals surface area contributed by atoms with E-state index in [0.29, 0.717) is 16.6 Å². The molecule has 0 radical (unpaired) electrons. The summed E-state index contributed by atoms with van der Waals surface area (Å²) in [5, 5.41) is 0.644. The van der Waals surface area contributed by atoms with E-state index < -0.39 is 15.8 Å². The Kier molecular flexibility index (Phi) is 3.93. The topological polar surface area (TPSA) is 74.8 Å². The number of benzene rings is 2. The fourth-order valence-electron chi connectivity index (χ4n) is 2.69. The van der Waals surface area contributed by atoms with Crippen LogP contribution in [0, 0.1) is 5.82 Å². The van der Waals surface area contributed by atoms with E-state index in [1.54, 1.807) is 18.3 Å². The first-order chi connectivity index (χ1) is 12.5. The first kappa shape index (κ1) is 16.3. The van der Waals surface area contributed by atoms with Crippen LogP contribution in [-0.4, -0.2) is 18.4 Å². The minimum atomic E-state index is -3.93. The fourth-order valence-corrected chi connectivity index (χ4v) is 3.74. The van der Waals surface area contributed by atoms with Crippen molar-refractivity contribution in [3.05, 3.63) is 78.9 Å². The maximum Gasteiger partial charge on any atom is 0.263 e. The maximum absolute atomic E-state index is 14.3. The summed E-state index contributed by atoms with van der Waals surface area (Å²) in [6.45, 7) is 0. The predicted octanol–water partition coefficient (Wildman–Crippen LogP) is 4.17. The van der Waals surface area contributed by atoms with Crippen LogP contribution in [0.1, 0.15) is 0 Å². The maximum atomic E-state index is 14.3. The van der Waals surface area contributed by atoms with Gasteiger partial charge in [0, 0.05) is 29.5 Å². The highest BCUT2D eigenvalue weighted by Gasteiger charge is 2.19. The minimum Gasteiger partial charge on any atom is -0.360 e. The Bertz CT molecular complexity index is 1190. The molecule has 2 N–H and O–H groups in total. The highest BCUT2D eigenvalue weighted by Crippen LogP contribution is 2.26. The first-order valence-electron chi connectivity index (χ1n) is 7.84. The summed E-state index contributed by atoms with van der Waals surface area (Å²) < 4.78 is 41.8. The van der Waals surface area contributed by atoms with Crippen molar-refractivity contribution in [1.82, 2.24) is 9.97 Å². The molecule has 0 amide bonds. The number of anilines is 1. The van der Waals surface area contributed by atoms with Crippen LogP contribution in [-0.2, 0) is 10.0 Å². The molecule has 4 aromatic rings. The van der Waals surface area contributed by atoms with Gasteiger partial charge >= 0.3 is 0 Å². The molecule has 0 atom stereocenters. The van der Waals surface area contributed by atoms with Crippen molar-refractivity contribution in [1.29, 1.82) is 0 Å². The highest BCUT2D eigenvalue weighted by molar-refractivity contribution is 7.92. The van der Waals surface area contributed by atoms with Gasteiger partial charge in [-0.1, -0.05) is 36.4 Å². The molecule has 0 saturated heterocycles. The van der Waals surface area contributed by atoms with Crippen molar-refractivity contribution in [3.8, 4) is 11.3 Å². The monoisotopic (exact) mass is 367 g/mol. The quantitative estimate of drug-likeness (QED) is 0.568. The van der Waals surface area contributed by atoms with Crippen molar-refractivity contribution in [2.75, 3.05) is 4.72 Å². The molecule has 0 spiro atoms. The van der Waals surface area contributed by atoms with Crippen LogP contribution in [0.15, 0.2) is 78.0 Å². The van der Waals surface area contributed by atoms with Crippen LogP contribution in [0.25, 0.3) is 22.2 Å². The number of aromatic amines is 1. The van der Waals surface area contributed by atoms with Crippen LogP contribution in [0.5, 0.6) is 0 Å². The Morgan fingerprint density at radius 3 is 2.62 bits per heavy atom. The third-order valence-electron chi connectivity index (χ3n) is 3.99. The summed E-state index contributed by atoms with van der Waals surface area (Å²) in [5.74, 6) is -0.682. The molecule has 130 valence electrons. The molecule has 7 heteroatoms. The molecular formula is C19H14FN3O2S. The van der Waals surface area contributed by atoms with Crippen molar-refractivity contribution < 1.29 is 12.8 Å². The van der Waals surface area contributed by atoms with E-state index in [2.05, 4.69) is 14.7 Å². The number of hydrogen-bond acceptors (Lipinski definition) is 3. The predicted molar refractivity (Wildman–Crippen MR) is 98.7 cm³/mol. The van der Waals surface area contributed by atoms with Gasteiger partial charge in [0.2, 0.25) is 0 Å². The molecule has 2 heterocycles. The fraction of sp³-hybridized carbons (Fsp3) is 0. The van der Waals surface area contributed by atoms with E-state index in [0.717, 1.165) is 5.56 Å². The summed E-state index contributed by atoms with van der Waals surface area (Å²) in [5.41, 5.74) is 1.86. The molecule has 0 bridgehead atoms. The molecule has 0 aliphatic heterocycles. The van der Waals surface area contributed by atoms with Gasteiger partial charge in [-0.25, -0.2) is 12.8 Å². The summed E-state index contributed by atoms with van der Waals surface area (Å²) in [7, 11) is -3.93. The van der Waals surface area contributed by atoms with Gasteiger partial charge < -0.3 is 4.98 Å². The van der Waals surface area contributed by atoms with Crippen molar-refractivity contribution in [3.63, 3.8) is 0 Å². The molecule has 26 heavy (non-hydrogen) atoms. The summed E-state index contributed by atoms with van der Waals surface area (Å²) in [6.07, 6.45) is 2.93. The van der Waals surface area contributed by atoms with Crippen LogP contribution in [0.2, 0.25) is 0 Å². The average Bonchev–Trinajstić information content (AvgIpc) is 3.14. The minimum absolute atomic E-state index is 0.0297. The molecule has 0 aliphatic carbocycles. The van der Waals surface area contributed by atoms with Crippen LogP contribution in [0.3, 0.4) is 0 Å². The number of hydrogen-bond donors (Lipinski definition) is 2. The zero-order valence-corrected chi connectivity index (χ0v) is 14.3. The second-order valence-electron chi connectivity index (χ2n) is 5.75. The summed E-state index contributed by atoms with van der Waals surface area (Å²) in [6, 6.07) is 16.9. The number of aromatic nitrogens is 2. The Balaban J connectivity index is 1.68. The number of pyridine rings is 1. The van der Waals surface area contributed by atoms with Crippen LogP contribution < -0.4 is 4.72 Å². The van der Waals surface area contributed by atoms with Crippen LogP contribution >= 0.6 is 0 Å². The van der Waals surface area contributed by atoms with E-state index >= 15 is 0 Å². The third kappa shape index (κ3) is 3.04. The Hall–Kier alpha value is -3.19. The number of nitrogens with zero attached hydrogens (tertiary/aromatic N) is 1. The number of H-pyrrole nitrogens is 1. The van der Waals surface area contributed by atoms with Gasteiger partial charge in [0.15, 0.2) is 0 Å². The number of sulfonamides is 1. The SMILES string of the molecule is O=S(=O)(Nc1cc2cccnc2cc1F)c1c[nH]c(-c2ccccc2)c1. The van der Waals surface area contributed by atoms with Crippen LogP contribution in [0.4, 0.5) is 10.1 Å². The largest absolute Gasteiger partial charge is 0.360 e. The molecule has 4 rings (SSSR count). The Labute approximate surface area is 149 Å². The Morgan fingerprint density at radius 2 is 1.81 bits per heavy atom. The molecule has 0 fully saturated rings. The van der Waals surface area contributed by atoms with Gasteiger partial charge in [0.05, 0.1) is 11.2 Å². The van der Waals surface area contributed by atoms with Crippen molar-refractivity contribution >= 4 is 26.6 Å². The number of rotatable bonds is 4. The Morgan fingerprint density at radius 1 is 1.00 bits per heavy atom. The molecule has 0 saturated carbocycles.